The number of anilines is 1. The Morgan fingerprint density at radius 2 is 2.00 bits per heavy atom. The maximum atomic E-state index is 12.5. The van der Waals surface area contributed by atoms with E-state index in [0.717, 1.165) is 0 Å². The van der Waals surface area contributed by atoms with Crippen LogP contribution < -0.4 is 4.98 Å². The molecular formula is C6H5FNSi. The highest BCUT2D eigenvalue weighted by molar-refractivity contribution is 6.15. The van der Waals surface area contributed by atoms with Crippen LogP contribution in [0.2, 0.25) is 0 Å². The van der Waals surface area contributed by atoms with Crippen molar-refractivity contribution in [1.82, 2.24) is 0 Å². The van der Waals surface area contributed by atoms with Gasteiger partial charge in [-0.25, -0.2) is 4.39 Å². The Hall–Kier alpha value is -0.833. The van der Waals surface area contributed by atoms with Gasteiger partial charge in [0.1, 0.15) is 5.82 Å². The highest BCUT2D eigenvalue weighted by Gasteiger charge is 1.93. The van der Waals surface area contributed by atoms with E-state index in [1.54, 1.807) is 18.2 Å². The van der Waals surface area contributed by atoms with Crippen molar-refractivity contribution >= 4 is 16.1 Å². The summed E-state index contributed by atoms with van der Waals surface area (Å²) in [5, 5.41) is 0. The van der Waals surface area contributed by atoms with Crippen molar-refractivity contribution in [2.45, 2.75) is 0 Å². The summed E-state index contributed by atoms with van der Waals surface area (Å²) in [4.78, 5) is 2.53. The van der Waals surface area contributed by atoms with Gasteiger partial charge in [0, 0.05) is 0 Å². The van der Waals surface area contributed by atoms with Gasteiger partial charge in [-0.2, -0.15) is 0 Å². The molecule has 0 unspecified atom stereocenters. The topological polar surface area (TPSA) is 12.0 Å². The van der Waals surface area contributed by atoms with Crippen molar-refractivity contribution in [1.29, 1.82) is 0 Å². The fourth-order valence-corrected chi connectivity index (χ4v) is 0.765. The fourth-order valence-electron chi connectivity index (χ4n) is 0.563. The summed E-state index contributed by atoms with van der Waals surface area (Å²) in [5.41, 5.74) is 0.453. The summed E-state index contributed by atoms with van der Waals surface area (Å²) in [5.74, 6) is -0.257. The molecule has 0 aliphatic rings. The third-order valence-corrected chi connectivity index (χ3v) is 1.28. The van der Waals surface area contributed by atoms with Gasteiger partial charge in [-0.05, 0) is 12.1 Å². The second-order valence-electron chi connectivity index (χ2n) is 1.60. The Bertz CT molecular complexity index is 202. The molecular weight excluding hydrogens is 133 g/mol. The van der Waals surface area contributed by atoms with Gasteiger partial charge >= 0.3 is 0 Å². The summed E-state index contributed by atoms with van der Waals surface area (Å²) in [6, 6.07) is 6.43. The Morgan fingerprint density at radius 3 is 2.44 bits per heavy atom. The van der Waals surface area contributed by atoms with Crippen LogP contribution in [0.15, 0.2) is 24.3 Å². The quantitative estimate of drug-likeness (QED) is 0.577. The molecule has 3 radical (unpaired) electrons. The van der Waals surface area contributed by atoms with Crippen LogP contribution in [0.5, 0.6) is 0 Å². The monoisotopic (exact) mass is 138 g/mol. The molecule has 3 heteroatoms. The molecule has 0 fully saturated rings. The third kappa shape index (κ3) is 1.29. The van der Waals surface area contributed by atoms with Gasteiger partial charge in [0.15, 0.2) is 10.4 Å². The number of para-hydroxylation sites is 1. The normalized spacial score (nSPS) is 9.11. The molecule has 1 N–H and O–H groups in total. The Balaban J connectivity index is 3.01. The van der Waals surface area contributed by atoms with Crippen LogP contribution in [-0.4, -0.2) is 10.4 Å². The molecule has 0 heterocycles. The standard InChI is InChI=1S/C6H5FNSi/c7-5-3-1-2-4-6(5)8-9/h1-4,8H. The van der Waals surface area contributed by atoms with Crippen LogP contribution in [0.3, 0.4) is 0 Å². The zero-order valence-corrected chi connectivity index (χ0v) is 5.69. The van der Waals surface area contributed by atoms with Crippen LogP contribution in [0, 0.1) is 5.82 Å². The van der Waals surface area contributed by atoms with Gasteiger partial charge in [-0.1, -0.05) is 12.1 Å². The van der Waals surface area contributed by atoms with E-state index in [1.165, 1.54) is 6.07 Å². The molecule has 45 valence electrons. The molecule has 0 amide bonds. The molecule has 1 aromatic carbocycles. The summed E-state index contributed by atoms with van der Waals surface area (Å²) < 4.78 is 12.5. The lowest BCUT2D eigenvalue weighted by molar-refractivity contribution is 0.632. The van der Waals surface area contributed by atoms with E-state index in [9.17, 15) is 4.39 Å². The summed E-state index contributed by atoms with van der Waals surface area (Å²) in [7, 11) is 2.96. The van der Waals surface area contributed by atoms with Crippen molar-refractivity contribution in [2.24, 2.45) is 0 Å². The highest BCUT2D eigenvalue weighted by atomic mass is 28.2. The van der Waals surface area contributed by atoms with E-state index in [1.807, 2.05) is 0 Å². The van der Waals surface area contributed by atoms with Gasteiger partial charge < -0.3 is 4.98 Å². The minimum atomic E-state index is -0.257. The van der Waals surface area contributed by atoms with Gasteiger partial charge in [0.25, 0.3) is 0 Å². The van der Waals surface area contributed by atoms with Gasteiger partial charge in [0.05, 0.1) is 5.69 Å². The molecule has 0 aromatic heterocycles. The zero-order chi connectivity index (χ0) is 6.69. The van der Waals surface area contributed by atoms with Gasteiger partial charge in [-0.3, -0.25) is 0 Å². The van der Waals surface area contributed by atoms with E-state index in [2.05, 4.69) is 15.4 Å². The second-order valence-corrected chi connectivity index (χ2v) is 1.85. The Morgan fingerprint density at radius 1 is 1.33 bits per heavy atom. The number of rotatable bonds is 1. The van der Waals surface area contributed by atoms with E-state index in [0.29, 0.717) is 5.69 Å². The second kappa shape index (κ2) is 2.64. The molecule has 0 atom stereocenters. The number of halogens is 1. The molecule has 1 rings (SSSR count). The van der Waals surface area contributed by atoms with Crippen molar-refractivity contribution in [3.05, 3.63) is 30.1 Å². The van der Waals surface area contributed by atoms with E-state index in [-0.39, 0.29) is 5.82 Å². The van der Waals surface area contributed by atoms with E-state index < -0.39 is 0 Å². The van der Waals surface area contributed by atoms with Crippen LogP contribution >= 0.6 is 0 Å². The molecule has 0 spiro atoms. The first-order valence-electron chi connectivity index (χ1n) is 2.52. The summed E-state index contributed by atoms with van der Waals surface area (Å²) in [6.45, 7) is 0. The number of nitrogens with one attached hydrogen (secondary N) is 1. The molecule has 9 heavy (non-hydrogen) atoms. The summed E-state index contributed by atoms with van der Waals surface area (Å²) >= 11 is 0. The molecule has 0 aliphatic carbocycles. The molecule has 0 bridgehead atoms. The number of hydrogen-bond acceptors (Lipinski definition) is 1. The van der Waals surface area contributed by atoms with E-state index >= 15 is 0 Å². The first-order valence-corrected chi connectivity index (χ1v) is 3.02. The van der Waals surface area contributed by atoms with Crippen molar-refractivity contribution in [3.8, 4) is 0 Å². The number of benzene rings is 1. The summed E-state index contributed by atoms with van der Waals surface area (Å²) in [6.07, 6.45) is 0. The van der Waals surface area contributed by atoms with Crippen molar-refractivity contribution < 1.29 is 4.39 Å². The molecule has 0 saturated heterocycles. The maximum absolute atomic E-state index is 12.5. The molecule has 1 nitrogen and oxygen atoms in total. The highest BCUT2D eigenvalue weighted by Crippen LogP contribution is 2.09. The lowest BCUT2D eigenvalue weighted by atomic mass is 10.3. The largest absolute Gasteiger partial charge is 0.410 e. The van der Waals surface area contributed by atoms with Gasteiger partial charge in [0.2, 0.25) is 0 Å². The fraction of sp³-hybridized carbons (Fsp3) is 0. The lowest BCUT2D eigenvalue weighted by Gasteiger charge is -1.97. The minimum Gasteiger partial charge on any atom is -0.410 e. The zero-order valence-electron chi connectivity index (χ0n) is 4.69. The molecule has 0 aliphatic heterocycles. The predicted molar refractivity (Wildman–Crippen MR) is 35.8 cm³/mol. The van der Waals surface area contributed by atoms with Crippen molar-refractivity contribution in [2.75, 3.05) is 4.98 Å². The first-order chi connectivity index (χ1) is 4.34. The molecule has 0 saturated carbocycles. The Labute approximate surface area is 56.4 Å². The Kier molecular flexibility index (Phi) is 1.84. The van der Waals surface area contributed by atoms with Crippen LogP contribution in [0.1, 0.15) is 0 Å². The predicted octanol–water partition coefficient (Wildman–Crippen LogP) is 1.32. The van der Waals surface area contributed by atoms with Crippen LogP contribution in [0.4, 0.5) is 10.1 Å². The molecule has 1 aromatic rings. The third-order valence-electron chi connectivity index (χ3n) is 1.01. The lowest BCUT2D eigenvalue weighted by Crippen LogP contribution is -1.92. The van der Waals surface area contributed by atoms with Crippen LogP contribution in [0.25, 0.3) is 0 Å². The number of hydrogen-bond donors (Lipinski definition) is 1. The van der Waals surface area contributed by atoms with Gasteiger partial charge in [-0.15, -0.1) is 0 Å². The van der Waals surface area contributed by atoms with Crippen molar-refractivity contribution in [3.63, 3.8) is 0 Å². The smallest absolute Gasteiger partial charge is 0.186 e. The van der Waals surface area contributed by atoms with E-state index in [4.69, 9.17) is 0 Å². The first kappa shape index (κ1) is 6.29. The minimum absolute atomic E-state index is 0.257. The SMILES string of the molecule is Fc1ccccc1N[Si]. The maximum Gasteiger partial charge on any atom is 0.186 e. The van der Waals surface area contributed by atoms with Crippen LogP contribution in [-0.2, 0) is 0 Å². The average Bonchev–Trinajstić information content (AvgIpc) is 1.89. The average molecular weight is 138 g/mol.